The molecule has 1 aliphatic carbocycles. The molecule has 5 heteroatoms. The smallest absolute Gasteiger partial charge is 0.133 e. The Morgan fingerprint density at radius 2 is 2.24 bits per heavy atom. The van der Waals surface area contributed by atoms with Crippen LogP contribution in [-0.2, 0) is 11.4 Å². The molecule has 1 atom stereocenters. The van der Waals surface area contributed by atoms with Crippen LogP contribution in [0.4, 0.5) is 4.39 Å². The maximum atomic E-state index is 13.9. The zero-order valence-corrected chi connectivity index (χ0v) is 13.4. The van der Waals surface area contributed by atoms with Gasteiger partial charge in [0.2, 0.25) is 0 Å². The summed E-state index contributed by atoms with van der Waals surface area (Å²) in [5.41, 5.74) is 0.826. The maximum Gasteiger partial charge on any atom is 0.133 e. The van der Waals surface area contributed by atoms with Gasteiger partial charge in [-0.1, -0.05) is 17.7 Å². The third kappa shape index (κ3) is 5.32. The lowest BCUT2D eigenvalue weighted by atomic mass is 10.1. The predicted molar refractivity (Wildman–Crippen MR) is 84.7 cm³/mol. The first-order valence-corrected chi connectivity index (χ1v) is 8.74. The van der Waals surface area contributed by atoms with Crippen LogP contribution in [-0.4, -0.2) is 22.6 Å². The minimum absolute atomic E-state index is 0.359. The van der Waals surface area contributed by atoms with Gasteiger partial charge < -0.3 is 9.29 Å². The van der Waals surface area contributed by atoms with Crippen molar-refractivity contribution in [2.75, 3.05) is 12.4 Å². The van der Waals surface area contributed by atoms with Crippen molar-refractivity contribution in [3.63, 3.8) is 0 Å². The summed E-state index contributed by atoms with van der Waals surface area (Å²) in [5.74, 6) is 1.46. The molecule has 116 valence electrons. The lowest BCUT2D eigenvalue weighted by Gasteiger charge is -2.09. The fraction of sp³-hybridized carbons (Fsp3) is 0.562. The van der Waals surface area contributed by atoms with E-state index in [-0.39, 0.29) is 5.82 Å². The number of rotatable bonds is 8. The Morgan fingerprint density at radius 3 is 2.90 bits per heavy atom. The van der Waals surface area contributed by atoms with Crippen LogP contribution < -0.4 is 4.74 Å². The fourth-order valence-electron chi connectivity index (χ4n) is 1.89. The van der Waals surface area contributed by atoms with Crippen molar-refractivity contribution in [1.29, 1.82) is 0 Å². The number of hydrogen-bond donors (Lipinski definition) is 0. The summed E-state index contributed by atoms with van der Waals surface area (Å²) >= 11 is -1.29. The predicted octanol–water partition coefficient (Wildman–Crippen LogP) is 3.89. The molecule has 0 bridgehead atoms. The average Bonchev–Trinajstić information content (AvgIpc) is 3.28. The Labute approximate surface area is 128 Å². The lowest BCUT2D eigenvalue weighted by Crippen LogP contribution is -2.08. The van der Waals surface area contributed by atoms with E-state index in [1.54, 1.807) is 19.1 Å². The van der Waals surface area contributed by atoms with Crippen LogP contribution in [0.3, 0.4) is 0 Å². The van der Waals surface area contributed by atoms with E-state index in [9.17, 15) is 8.94 Å². The zero-order valence-electron chi connectivity index (χ0n) is 12.6. The van der Waals surface area contributed by atoms with Crippen molar-refractivity contribution < 1.29 is 13.7 Å². The van der Waals surface area contributed by atoms with Crippen molar-refractivity contribution in [2.24, 2.45) is 10.3 Å². The first-order chi connectivity index (χ1) is 10.1. The number of nitrogens with zero attached hydrogens (tertiary/aromatic N) is 1. The van der Waals surface area contributed by atoms with Gasteiger partial charge in [0.05, 0.1) is 23.7 Å². The topological polar surface area (TPSA) is 44.7 Å². The summed E-state index contributed by atoms with van der Waals surface area (Å²) in [4.78, 5) is 0. The van der Waals surface area contributed by atoms with Gasteiger partial charge in [-0.05, 0) is 50.3 Å². The Bertz CT molecular complexity index is 503. The molecule has 0 aromatic heterocycles. The van der Waals surface area contributed by atoms with Crippen LogP contribution in [0.25, 0.3) is 0 Å². The van der Waals surface area contributed by atoms with Crippen molar-refractivity contribution in [2.45, 2.75) is 39.5 Å². The van der Waals surface area contributed by atoms with E-state index in [4.69, 9.17) is 4.74 Å². The zero-order chi connectivity index (χ0) is 15.2. The monoisotopic (exact) mass is 311 g/mol. The summed E-state index contributed by atoms with van der Waals surface area (Å²) in [6.45, 7) is 4.41. The third-order valence-electron chi connectivity index (χ3n) is 3.42. The fourth-order valence-corrected chi connectivity index (χ4v) is 2.92. The van der Waals surface area contributed by atoms with Crippen molar-refractivity contribution >= 4 is 17.1 Å². The molecule has 0 amide bonds. The molecule has 0 heterocycles. The number of benzene rings is 1. The summed E-state index contributed by atoms with van der Waals surface area (Å²) in [6, 6.07) is 4.65. The molecule has 2 rings (SSSR count). The highest BCUT2D eigenvalue weighted by atomic mass is 32.2. The first-order valence-electron chi connectivity index (χ1n) is 7.46. The highest BCUT2D eigenvalue weighted by Gasteiger charge is 2.22. The summed E-state index contributed by atoms with van der Waals surface area (Å²) in [7, 11) is 0. The van der Waals surface area contributed by atoms with E-state index in [0.29, 0.717) is 35.3 Å². The van der Waals surface area contributed by atoms with E-state index in [1.165, 1.54) is 18.9 Å². The normalized spacial score (nSPS) is 16.9. The first kappa shape index (κ1) is 16.3. The summed E-state index contributed by atoms with van der Waals surface area (Å²) in [5, 5.41) is 0. The van der Waals surface area contributed by atoms with E-state index in [1.807, 2.05) is 6.92 Å². The van der Waals surface area contributed by atoms with Gasteiger partial charge in [0, 0.05) is 5.56 Å². The minimum Gasteiger partial charge on any atom is -0.591 e. The van der Waals surface area contributed by atoms with E-state index in [0.717, 1.165) is 12.8 Å². The van der Waals surface area contributed by atoms with Gasteiger partial charge in [-0.2, -0.15) is 0 Å². The minimum atomic E-state index is -1.29. The Morgan fingerprint density at radius 1 is 1.48 bits per heavy atom. The SMILES string of the molecule is CCCC[S+]([O-])N=C(C)c1cc(OCC2CC2)ccc1F. The van der Waals surface area contributed by atoms with Gasteiger partial charge in [0.15, 0.2) is 0 Å². The molecule has 1 aromatic carbocycles. The van der Waals surface area contributed by atoms with E-state index < -0.39 is 11.4 Å². The second-order valence-electron chi connectivity index (χ2n) is 5.45. The van der Waals surface area contributed by atoms with Crippen LogP contribution in [0.5, 0.6) is 5.75 Å². The second kappa shape index (κ2) is 7.80. The van der Waals surface area contributed by atoms with Crippen LogP contribution in [0.15, 0.2) is 22.6 Å². The Kier molecular flexibility index (Phi) is 6.06. The highest BCUT2D eigenvalue weighted by molar-refractivity contribution is 7.90. The molecular formula is C16H22FNO2S. The summed E-state index contributed by atoms with van der Waals surface area (Å²) in [6.07, 6.45) is 4.26. The molecule has 1 saturated carbocycles. The van der Waals surface area contributed by atoms with Gasteiger partial charge in [0.25, 0.3) is 0 Å². The number of ether oxygens (including phenoxy) is 1. The van der Waals surface area contributed by atoms with Crippen LogP contribution >= 0.6 is 0 Å². The molecule has 0 saturated heterocycles. The number of halogens is 1. The molecule has 1 fully saturated rings. The maximum absolute atomic E-state index is 13.9. The van der Waals surface area contributed by atoms with Gasteiger partial charge in [-0.3, -0.25) is 0 Å². The summed E-state index contributed by atoms with van der Waals surface area (Å²) < 4.78 is 35.4. The number of unbranched alkanes of at least 4 members (excludes halogenated alkanes) is 1. The van der Waals surface area contributed by atoms with Gasteiger partial charge in [-0.25, -0.2) is 4.39 Å². The molecule has 0 aliphatic heterocycles. The Hall–Kier alpha value is -1.07. The lowest BCUT2D eigenvalue weighted by molar-refractivity contribution is 0.299. The molecule has 1 aliphatic rings. The Balaban J connectivity index is 2.04. The van der Waals surface area contributed by atoms with Crippen LogP contribution in [0.1, 0.15) is 45.1 Å². The van der Waals surface area contributed by atoms with Crippen molar-refractivity contribution in [1.82, 2.24) is 0 Å². The van der Waals surface area contributed by atoms with E-state index in [2.05, 4.69) is 4.40 Å². The molecule has 1 aromatic rings. The molecule has 0 radical (unpaired) electrons. The molecule has 0 spiro atoms. The molecular weight excluding hydrogens is 289 g/mol. The molecule has 3 nitrogen and oxygen atoms in total. The largest absolute Gasteiger partial charge is 0.591 e. The van der Waals surface area contributed by atoms with E-state index >= 15 is 0 Å². The number of hydrogen-bond acceptors (Lipinski definition) is 3. The molecule has 1 unspecified atom stereocenters. The molecule has 0 N–H and O–H groups in total. The third-order valence-corrected chi connectivity index (χ3v) is 4.54. The average molecular weight is 311 g/mol. The van der Waals surface area contributed by atoms with Gasteiger partial charge in [0.1, 0.15) is 17.3 Å². The van der Waals surface area contributed by atoms with Crippen LogP contribution in [0.2, 0.25) is 0 Å². The standard InChI is InChI=1S/C16H22FNO2S/c1-3-4-9-21(19)18-12(2)15-10-14(7-8-16(15)17)20-11-13-5-6-13/h7-8,10,13H,3-6,9,11H2,1-2H3. The quantitative estimate of drug-likeness (QED) is 0.540. The van der Waals surface area contributed by atoms with Crippen molar-refractivity contribution in [3.05, 3.63) is 29.6 Å². The van der Waals surface area contributed by atoms with Crippen molar-refractivity contribution in [3.8, 4) is 5.75 Å². The second-order valence-corrected chi connectivity index (χ2v) is 6.69. The highest BCUT2D eigenvalue weighted by Crippen LogP contribution is 2.30. The van der Waals surface area contributed by atoms with Gasteiger partial charge >= 0.3 is 0 Å². The molecule has 21 heavy (non-hydrogen) atoms. The van der Waals surface area contributed by atoms with Crippen LogP contribution in [0, 0.1) is 11.7 Å². The van der Waals surface area contributed by atoms with Gasteiger partial charge in [-0.15, -0.1) is 0 Å².